The Hall–Kier alpha value is -1.35. The SMILES string of the molecule is C[C-](C)C.Cl.N.[CH2-]P(c1ccccc1)c1ccccc1.[CH2-]P(c1ccccc1)c1ccccc1.[Pd]. The molecule has 0 aromatic heterocycles. The summed E-state index contributed by atoms with van der Waals surface area (Å²) in [5.74, 6) is 1.42. The molecule has 1 nitrogen and oxygen atoms in total. The maximum Gasteiger partial charge on any atom is 0 e. The van der Waals surface area contributed by atoms with E-state index in [1.165, 1.54) is 27.1 Å². The summed E-state index contributed by atoms with van der Waals surface area (Å²) < 4.78 is 0. The molecule has 0 bridgehead atoms. The smallest absolute Gasteiger partial charge is 0 e. The van der Waals surface area contributed by atoms with Crippen LogP contribution in [0, 0.1) is 19.2 Å². The van der Waals surface area contributed by atoms with Crippen molar-refractivity contribution in [3.63, 3.8) is 0 Å². The first-order valence-corrected chi connectivity index (χ1v) is 13.7. The van der Waals surface area contributed by atoms with E-state index in [9.17, 15) is 0 Å². The largest absolute Gasteiger partial charge is 0.344 e. The predicted molar refractivity (Wildman–Crippen MR) is 161 cm³/mol. The van der Waals surface area contributed by atoms with E-state index < -0.39 is 15.8 Å². The Kier molecular flexibility index (Phi) is 21.3. The van der Waals surface area contributed by atoms with Crippen LogP contribution in [-0.2, 0) is 20.4 Å². The average molecular weight is 615 g/mol. The van der Waals surface area contributed by atoms with Crippen LogP contribution in [0.15, 0.2) is 121 Å². The van der Waals surface area contributed by atoms with E-state index >= 15 is 0 Å². The minimum Gasteiger partial charge on any atom is -0.344 e. The van der Waals surface area contributed by atoms with Gasteiger partial charge in [0.2, 0.25) is 0 Å². The van der Waals surface area contributed by atoms with Gasteiger partial charge < -0.3 is 25.4 Å². The minimum atomic E-state index is -0.421. The Balaban J connectivity index is 0. The normalized spacial score (nSPS) is 9.37. The van der Waals surface area contributed by atoms with Crippen LogP contribution in [-0.4, -0.2) is 0 Å². The first-order chi connectivity index (χ1) is 15.5. The van der Waals surface area contributed by atoms with Gasteiger partial charge >= 0.3 is 0 Å². The molecule has 0 aliphatic heterocycles. The zero-order valence-electron chi connectivity index (χ0n) is 20.8. The van der Waals surface area contributed by atoms with Gasteiger partial charge in [-0.3, -0.25) is 0 Å². The van der Waals surface area contributed by atoms with Crippen molar-refractivity contribution < 1.29 is 20.4 Å². The van der Waals surface area contributed by atoms with E-state index in [2.05, 4.69) is 131 Å². The van der Waals surface area contributed by atoms with Crippen LogP contribution in [0.1, 0.15) is 20.8 Å². The van der Waals surface area contributed by atoms with Crippen LogP contribution >= 0.6 is 28.3 Å². The fourth-order valence-electron chi connectivity index (χ4n) is 2.73. The van der Waals surface area contributed by atoms with Crippen molar-refractivity contribution in [2.24, 2.45) is 0 Å². The Labute approximate surface area is 236 Å². The van der Waals surface area contributed by atoms with Crippen molar-refractivity contribution in [3.05, 3.63) is 141 Å². The van der Waals surface area contributed by atoms with E-state index in [0.717, 1.165) is 0 Å². The molecule has 4 rings (SSSR count). The fraction of sp³-hybridized carbons (Fsp3) is 0.100. The van der Waals surface area contributed by atoms with E-state index in [-0.39, 0.29) is 39.0 Å². The molecule has 0 saturated heterocycles. The number of hydrogen-bond acceptors (Lipinski definition) is 1. The van der Waals surface area contributed by atoms with Crippen LogP contribution < -0.4 is 27.4 Å². The van der Waals surface area contributed by atoms with Gasteiger partial charge in [0.25, 0.3) is 0 Å². The zero-order valence-corrected chi connectivity index (χ0v) is 24.9. The van der Waals surface area contributed by atoms with Gasteiger partial charge in [-0.1, -0.05) is 143 Å². The van der Waals surface area contributed by atoms with E-state index in [1.54, 1.807) is 0 Å². The molecule has 4 aromatic rings. The van der Waals surface area contributed by atoms with Gasteiger partial charge in [0.15, 0.2) is 0 Å². The third-order valence-electron chi connectivity index (χ3n) is 4.27. The molecule has 0 heterocycles. The maximum absolute atomic E-state index is 4.24. The van der Waals surface area contributed by atoms with Crippen molar-refractivity contribution in [1.29, 1.82) is 0 Å². The van der Waals surface area contributed by atoms with Gasteiger partial charge in [-0.05, 0) is 0 Å². The van der Waals surface area contributed by atoms with Gasteiger partial charge in [0.1, 0.15) is 0 Å². The summed E-state index contributed by atoms with van der Waals surface area (Å²) in [6.07, 6.45) is 0. The Morgan fingerprint density at radius 3 is 0.743 bits per heavy atom. The Bertz CT molecular complexity index is 825. The summed E-state index contributed by atoms with van der Waals surface area (Å²) in [6, 6.07) is 41.9. The van der Waals surface area contributed by atoms with Crippen LogP contribution in [0.5, 0.6) is 0 Å². The number of benzene rings is 4. The van der Waals surface area contributed by atoms with Crippen molar-refractivity contribution in [2.75, 3.05) is 0 Å². The quantitative estimate of drug-likeness (QED) is 0.141. The Morgan fingerprint density at radius 2 is 0.600 bits per heavy atom. The van der Waals surface area contributed by atoms with Crippen LogP contribution in [0.3, 0.4) is 0 Å². The molecule has 0 fully saturated rings. The molecule has 3 N–H and O–H groups in total. The monoisotopic (exact) mass is 614 g/mol. The van der Waals surface area contributed by atoms with Crippen LogP contribution in [0.2, 0.25) is 0 Å². The molecule has 0 atom stereocenters. The second-order valence-corrected chi connectivity index (χ2v) is 11.5. The summed E-state index contributed by atoms with van der Waals surface area (Å²) in [6.45, 7) is 14.7. The van der Waals surface area contributed by atoms with Gasteiger partial charge in [0, 0.05) is 20.4 Å². The third kappa shape index (κ3) is 14.1. The first-order valence-electron chi connectivity index (χ1n) is 10.7. The van der Waals surface area contributed by atoms with E-state index in [0.29, 0.717) is 0 Å². The second-order valence-electron chi connectivity index (χ2n) is 7.70. The molecular formula is C30H37ClNP2Pd-3. The van der Waals surface area contributed by atoms with Crippen LogP contribution in [0.4, 0.5) is 0 Å². The number of rotatable bonds is 4. The van der Waals surface area contributed by atoms with E-state index in [4.69, 9.17) is 0 Å². The first kappa shape index (κ1) is 35.8. The summed E-state index contributed by atoms with van der Waals surface area (Å²) in [7, 11) is -0.842. The molecule has 0 aliphatic carbocycles. The minimum absolute atomic E-state index is 0. The summed E-state index contributed by atoms with van der Waals surface area (Å²) in [4.78, 5) is 0. The van der Waals surface area contributed by atoms with Gasteiger partial charge in [0.05, 0.1) is 0 Å². The van der Waals surface area contributed by atoms with Crippen molar-refractivity contribution in [3.8, 4) is 0 Å². The second kappa shape index (κ2) is 20.8. The van der Waals surface area contributed by atoms with E-state index in [1.807, 2.05) is 24.3 Å². The molecule has 0 aliphatic rings. The number of hydrogen-bond donors (Lipinski definition) is 1. The average Bonchev–Trinajstić information content (AvgIpc) is 2.85. The van der Waals surface area contributed by atoms with Crippen molar-refractivity contribution in [1.82, 2.24) is 6.15 Å². The van der Waals surface area contributed by atoms with Crippen LogP contribution in [0.25, 0.3) is 0 Å². The Morgan fingerprint density at radius 1 is 0.457 bits per heavy atom. The molecule has 0 spiro atoms. The van der Waals surface area contributed by atoms with Crippen molar-refractivity contribution >= 4 is 49.5 Å². The summed E-state index contributed by atoms with van der Waals surface area (Å²) in [5.41, 5.74) is 0. The molecule has 5 heteroatoms. The molecule has 192 valence electrons. The molecule has 0 saturated carbocycles. The summed E-state index contributed by atoms with van der Waals surface area (Å²) in [5, 5.41) is 5.31. The van der Waals surface area contributed by atoms with Crippen molar-refractivity contribution in [2.45, 2.75) is 20.8 Å². The fourth-order valence-corrected chi connectivity index (χ4v) is 5.45. The topological polar surface area (TPSA) is 35.0 Å². The maximum atomic E-state index is 4.24. The molecule has 35 heavy (non-hydrogen) atoms. The van der Waals surface area contributed by atoms with Gasteiger partial charge in [-0.2, -0.15) is 20.8 Å². The molecular weight excluding hydrogens is 578 g/mol. The van der Waals surface area contributed by atoms with Gasteiger partial charge in [-0.25, -0.2) is 15.8 Å². The molecule has 4 aromatic carbocycles. The molecule has 0 radical (unpaired) electrons. The third-order valence-corrected chi connectivity index (χ3v) is 7.96. The van der Waals surface area contributed by atoms with Gasteiger partial charge in [-0.15, -0.1) is 12.4 Å². The molecule has 0 unspecified atom stereocenters. The molecule has 0 amide bonds. The number of halogens is 1. The zero-order chi connectivity index (χ0) is 23.2. The predicted octanol–water partition coefficient (Wildman–Crippen LogP) is 8.02. The standard InChI is InChI=1S/2C13H12P.C4H9.ClH.H3N.Pd/c2*1-14(12-8-4-2-5-9-12)13-10-6-3-7-11-13;1-4(2)3;;;/h2*2-11H,1H2;1-3H3;1H;1H3;/q3*-1;;;. The summed E-state index contributed by atoms with van der Waals surface area (Å²) >= 11 is 0.